The number of benzene rings is 1. The van der Waals surface area contributed by atoms with Gasteiger partial charge in [0.2, 0.25) is 0 Å². The maximum atomic E-state index is 9.58. The zero-order valence-electron chi connectivity index (χ0n) is 9.70. The van der Waals surface area contributed by atoms with Crippen molar-refractivity contribution in [3.63, 3.8) is 0 Å². The first-order valence-electron chi connectivity index (χ1n) is 5.79. The predicted octanol–water partition coefficient (Wildman–Crippen LogP) is 2.17. The quantitative estimate of drug-likeness (QED) is 0.822. The summed E-state index contributed by atoms with van der Waals surface area (Å²) >= 11 is 0. The standard InChI is InChI=1S/C13H19NO2/c1-16-12-8-10(4-5-11(12)15)13(9-14)6-2-3-7-13/h4-5,8,15H,2-3,6-7,9,14H2,1H3. The van der Waals surface area contributed by atoms with E-state index in [9.17, 15) is 5.11 Å². The van der Waals surface area contributed by atoms with Gasteiger partial charge in [-0.25, -0.2) is 0 Å². The molecule has 0 atom stereocenters. The second-order valence-corrected chi connectivity index (χ2v) is 4.58. The Morgan fingerprint density at radius 1 is 1.38 bits per heavy atom. The van der Waals surface area contributed by atoms with Crippen LogP contribution in [0, 0.1) is 0 Å². The fourth-order valence-electron chi connectivity index (χ4n) is 2.67. The van der Waals surface area contributed by atoms with Crippen LogP contribution in [0.15, 0.2) is 18.2 Å². The van der Waals surface area contributed by atoms with Crippen molar-refractivity contribution in [1.82, 2.24) is 0 Å². The fourth-order valence-corrected chi connectivity index (χ4v) is 2.67. The Morgan fingerprint density at radius 2 is 2.06 bits per heavy atom. The molecular formula is C13H19NO2. The normalized spacial score (nSPS) is 18.6. The van der Waals surface area contributed by atoms with Gasteiger partial charge in [-0.2, -0.15) is 0 Å². The van der Waals surface area contributed by atoms with Crippen molar-refractivity contribution in [3.8, 4) is 11.5 Å². The molecule has 1 aromatic rings. The van der Waals surface area contributed by atoms with E-state index in [0.29, 0.717) is 12.3 Å². The van der Waals surface area contributed by atoms with Gasteiger partial charge in [0.15, 0.2) is 11.5 Å². The molecule has 1 fully saturated rings. The van der Waals surface area contributed by atoms with Gasteiger partial charge in [0.05, 0.1) is 7.11 Å². The van der Waals surface area contributed by atoms with E-state index in [2.05, 4.69) is 0 Å². The minimum absolute atomic E-state index is 0.0982. The molecule has 0 saturated heterocycles. The van der Waals surface area contributed by atoms with Crippen LogP contribution in [0.25, 0.3) is 0 Å². The van der Waals surface area contributed by atoms with Crippen LogP contribution < -0.4 is 10.5 Å². The van der Waals surface area contributed by atoms with Crippen LogP contribution in [0.5, 0.6) is 11.5 Å². The van der Waals surface area contributed by atoms with E-state index in [4.69, 9.17) is 10.5 Å². The molecule has 1 aliphatic rings. The second-order valence-electron chi connectivity index (χ2n) is 4.58. The summed E-state index contributed by atoms with van der Waals surface area (Å²) in [7, 11) is 1.57. The van der Waals surface area contributed by atoms with E-state index < -0.39 is 0 Å². The Balaban J connectivity index is 2.38. The van der Waals surface area contributed by atoms with Crippen molar-refractivity contribution >= 4 is 0 Å². The molecule has 2 rings (SSSR count). The summed E-state index contributed by atoms with van der Waals surface area (Å²) in [6.07, 6.45) is 4.75. The lowest BCUT2D eigenvalue weighted by Crippen LogP contribution is -2.31. The summed E-state index contributed by atoms with van der Waals surface area (Å²) < 4.78 is 5.14. The molecule has 1 aliphatic carbocycles. The monoisotopic (exact) mass is 221 g/mol. The number of hydrogen-bond acceptors (Lipinski definition) is 3. The Hall–Kier alpha value is -1.22. The topological polar surface area (TPSA) is 55.5 Å². The third-order valence-electron chi connectivity index (χ3n) is 3.74. The average molecular weight is 221 g/mol. The van der Waals surface area contributed by atoms with Gasteiger partial charge in [0, 0.05) is 12.0 Å². The molecule has 0 bridgehead atoms. The molecule has 3 N–H and O–H groups in total. The molecule has 3 heteroatoms. The lowest BCUT2D eigenvalue weighted by Gasteiger charge is -2.28. The highest BCUT2D eigenvalue weighted by molar-refractivity contribution is 5.44. The minimum atomic E-state index is 0.0982. The lowest BCUT2D eigenvalue weighted by atomic mass is 9.79. The van der Waals surface area contributed by atoms with Gasteiger partial charge in [-0.15, -0.1) is 0 Å². The maximum Gasteiger partial charge on any atom is 0.160 e. The molecule has 0 aromatic heterocycles. The van der Waals surface area contributed by atoms with Crippen LogP contribution in [0.1, 0.15) is 31.2 Å². The third-order valence-corrected chi connectivity index (χ3v) is 3.74. The predicted molar refractivity (Wildman–Crippen MR) is 63.9 cm³/mol. The van der Waals surface area contributed by atoms with Crippen LogP contribution in [0.2, 0.25) is 0 Å². The minimum Gasteiger partial charge on any atom is -0.504 e. The highest BCUT2D eigenvalue weighted by Gasteiger charge is 2.34. The zero-order valence-corrected chi connectivity index (χ0v) is 9.70. The van der Waals surface area contributed by atoms with Crippen LogP contribution >= 0.6 is 0 Å². The van der Waals surface area contributed by atoms with Gasteiger partial charge in [0.25, 0.3) is 0 Å². The van der Waals surface area contributed by atoms with Crippen LogP contribution in [-0.4, -0.2) is 18.8 Å². The number of rotatable bonds is 3. The van der Waals surface area contributed by atoms with Crippen molar-refractivity contribution in [1.29, 1.82) is 0 Å². The van der Waals surface area contributed by atoms with Gasteiger partial charge in [-0.1, -0.05) is 18.9 Å². The van der Waals surface area contributed by atoms with Crippen LogP contribution in [0.4, 0.5) is 0 Å². The summed E-state index contributed by atoms with van der Waals surface area (Å²) in [5, 5.41) is 9.58. The van der Waals surface area contributed by atoms with Crippen molar-refractivity contribution in [2.24, 2.45) is 5.73 Å². The molecule has 88 valence electrons. The van der Waals surface area contributed by atoms with Gasteiger partial charge in [-0.3, -0.25) is 0 Å². The third kappa shape index (κ3) is 1.76. The molecule has 0 aliphatic heterocycles. The van der Waals surface area contributed by atoms with Crippen LogP contribution in [0.3, 0.4) is 0 Å². The molecule has 16 heavy (non-hydrogen) atoms. The van der Waals surface area contributed by atoms with E-state index in [1.165, 1.54) is 18.4 Å². The summed E-state index contributed by atoms with van der Waals surface area (Å²) in [6.45, 7) is 0.668. The molecule has 0 spiro atoms. The van der Waals surface area contributed by atoms with Crippen LogP contribution in [-0.2, 0) is 5.41 Å². The van der Waals surface area contributed by atoms with Gasteiger partial charge in [-0.05, 0) is 30.5 Å². The van der Waals surface area contributed by atoms with Gasteiger partial charge in [0.1, 0.15) is 0 Å². The van der Waals surface area contributed by atoms with E-state index in [0.717, 1.165) is 12.8 Å². The van der Waals surface area contributed by atoms with Gasteiger partial charge < -0.3 is 15.6 Å². The molecule has 0 heterocycles. The molecule has 1 saturated carbocycles. The maximum absolute atomic E-state index is 9.58. The average Bonchev–Trinajstić information content (AvgIpc) is 2.79. The number of phenolic OH excluding ortho intramolecular Hbond substituents is 1. The first kappa shape index (κ1) is 11.3. The number of hydrogen-bond donors (Lipinski definition) is 2. The molecule has 0 amide bonds. The number of aromatic hydroxyl groups is 1. The Morgan fingerprint density at radius 3 is 2.62 bits per heavy atom. The Bertz CT molecular complexity index is 370. The summed E-state index contributed by atoms with van der Waals surface area (Å²) in [4.78, 5) is 0. The smallest absolute Gasteiger partial charge is 0.160 e. The fraction of sp³-hybridized carbons (Fsp3) is 0.538. The molecule has 0 unspecified atom stereocenters. The molecule has 1 aromatic carbocycles. The second kappa shape index (κ2) is 4.34. The van der Waals surface area contributed by atoms with E-state index >= 15 is 0 Å². The van der Waals surface area contributed by atoms with Crippen molar-refractivity contribution in [2.45, 2.75) is 31.1 Å². The summed E-state index contributed by atoms with van der Waals surface area (Å²) in [5.74, 6) is 0.730. The van der Waals surface area contributed by atoms with Crippen molar-refractivity contribution < 1.29 is 9.84 Å². The highest BCUT2D eigenvalue weighted by atomic mass is 16.5. The first-order chi connectivity index (χ1) is 7.72. The Labute approximate surface area is 96.2 Å². The van der Waals surface area contributed by atoms with E-state index in [1.54, 1.807) is 13.2 Å². The lowest BCUT2D eigenvalue weighted by molar-refractivity contribution is 0.369. The summed E-state index contributed by atoms with van der Waals surface area (Å²) in [6, 6.07) is 5.59. The summed E-state index contributed by atoms with van der Waals surface area (Å²) in [5.41, 5.74) is 7.22. The van der Waals surface area contributed by atoms with Crippen molar-refractivity contribution in [3.05, 3.63) is 23.8 Å². The molecule has 3 nitrogen and oxygen atoms in total. The van der Waals surface area contributed by atoms with E-state index in [-0.39, 0.29) is 11.2 Å². The van der Waals surface area contributed by atoms with Gasteiger partial charge >= 0.3 is 0 Å². The van der Waals surface area contributed by atoms with E-state index in [1.807, 2.05) is 12.1 Å². The Kier molecular flexibility index (Phi) is 3.06. The number of nitrogens with two attached hydrogens (primary N) is 1. The van der Waals surface area contributed by atoms with Crippen molar-refractivity contribution in [2.75, 3.05) is 13.7 Å². The zero-order chi connectivity index (χ0) is 11.6. The SMILES string of the molecule is COc1cc(C2(CN)CCCC2)ccc1O. The highest BCUT2D eigenvalue weighted by Crippen LogP contribution is 2.42. The number of phenols is 1. The largest absolute Gasteiger partial charge is 0.504 e. The number of ether oxygens (including phenoxy) is 1. The molecule has 0 radical (unpaired) electrons. The number of methoxy groups -OCH3 is 1. The first-order valence-corrected chi connectivity index (χ1v) is 5.79. The molecular weight excluding hydrogens is 202 g/mol.